The maximum atomic E-state index is 11.1. The van der Waals surface area contributed by atoms with E-state index in [0.717, 1.165) is 0 Å². The molecule has 0 amide bonds. The van der Waals surface area contributed by atoms with Crippen LogP contribution in [0.3, 0.4) is 0 Å². The lowest BCUT2D eigenvalue weighted by Gasteiger charge is -2.05. The second-order valence-corrected chi connectivity index (χ2v) is 2.59. The van der Waals surface area contributed by atoms with Gasteiger partial charge in [0.05, 0.1) is 12.2 Å². The summed E-state index contributed by atoms with van der Waals surface area (Å²) >= 11 is 2.98. The SMILES string of the molecule is CCOC(=O)/C(=C\Br)COC(C)=O. The smallest absolute Gasteiger partial charge is 0.338 e. The lowest BCUT2D eigenvalue weighted by Crippen LogP contribution is -2.13. The minimum absolute atomic E-state index is 0.0700. The number of halogens is 1. The molecule has 0 aliphatic heterocycles. The quantitative estimate of drug-likeness (QED) is 0.559. The van der Waals surface area contributed by atoms with Crippen molar-refractivity contribution in [3.63, 3.8) is 0 Å². The Morgan fingerprint density at radius 2 is 2.00 bits per heavy atom. The van der Waals surface area contributed by atoms with Gasteiger partial charge >= 0.3 is 11.9 Å². The summed E-state index contributed by atoms with van der Waals surface area (Å²) in [7, 11) is 0. The van der Waals surface area contributed by atoms with Gasteiger partial charge in [-0.05, 0) is 11.9 Å². The molecule has 0 radical (unpaired) electrons. The maximum Gasteiger partial charge on any atom is 0.338 e. The van der Waals surface area contributed by atoms with Crippen LogP contribution in [-0.4, -0.2) is 25.2 Å². The molecule has 0 saturated heterocycles. The summed E-state index contributed by atoms with van der Waals surface area (Å²) in [5, 5.41) is 0. The lowest BCUT2D eigenvalue weighted by molar-refractivity contribution is -0.142. The summed E-state index contributed by atoms with van der Waals surface area (Å²) in [6, 6.07) is 0. The Morgan fingerprint density at radius 3 is 2.38 bits per heavy atom. The van der Waals surface area contributed by atoms with Gasteiger partial charge in [-0.15, -0.1) is 0 Å². The number of ether oxygens (including phenoxy) is 2. The molecule has 0 atom stereocenters. The molecule has 0 aliphatic carbocycles. The zero-order valence-electron chi connectivity index (χ0n) is 7.50. The lowest BCUT2D eigenvalue weighted by atomic mass is 10.3. The molecular weight excluding hydrogens is 240 g/mol. The first-order valence-corrected chi connectivity index (χ1v) is 4.63. The predicted octanol–water partition coefficient (Wildman–Crippen LogP) is 1.39. The highest BCUT2D eigenvalue weighted by Gasteiger charge is 2.10. The van der Waals surface area contributed by atoms with Crippen LogP contribution >= 0.6 is 15.9 Å². The number of hydrogen-bond acceptors (Lipinski definition) is 4. The first-order chi connectivity index (χ1) is 6.11. The van der Waals surface area contributed by atoms with Crippen LogP contribution in [-0.2, 0) is 19.1 Å². The van der Waals surface area contributed by atoms with Crippen LogP contribution in [0.15, 0.2) is 10.6 Å². The second-order valence-electron chi connectivity index (χ2n) is 2.14. The normalized spacial score (nSPS) is 10.8. The van der Waals surface area contributed by atoms with Crippen molar-refractivity contribution in [1.82, 2.24) is 0 Å². The maximum absolute atomic E-state index is 11.1. The van der Waals surface area contributed by atoms with Gasteiger partial charge in [-0.3, -0.25) is 4.79 Å². The Kier molecular flexibility index (Phi) is 6.22. The van der Waals surface area contributed by atoms with Crippen molar-refractivity contribution in [3.05, 3.63) is 10.6 Å². The average Bonchev–Trinajstić information content (AvgIpc) is 2.05. The summed E-state index contributed by atoms with van der Waals surface area (Å²) in [5.41, 5.74) is 0.275. The third kappa shape index (κ3) is 5.41. The van der Waals surface area contributed by atoms with Crippen LogP contribution in [0, 0.1) is 0 Å². The topological polar surface area (TPSA) is 52.6 Å². The molecule has 0 rings (SSSR count). The van der Waals surface area contributed by atoms with Crippen molar-refractivity contribution in [3.8, 4) is 0 Å². The van der Waals surface area contributed by atoms with Gasteiger partial charge < -0.3 is 9.47 Å². The summed E-state index contributed by atoms with van der Waals surface area (Å²) in [5.74, 6) is -0.920. The van der Waals surface area contributed by atoms with Crippen LogP contribution in [0.2, 0.25) is 0 Å². The summed E-state index contributed by atoms with van der Waals surface area (Å²) in [4.78, 5) is 22.9. The molecule has 0 N–H and O–H groups in total. The second kappa shape index (κ2) is 6.65. The molecule has 4 nitrogen and oxygen atoms in total. The largest absolute Gasteiger partial charge is 0.463 e. The Hall–Kier alpha value is -0.840. The van der Waals surface area contributed by atoms with Crippen LogP contribution in [0.5, 0.6) is 0 Å². The van der Waals surface area contributed by atoms with E-state index in [0.29, 0.717) is 6.61 Å². The summed E-state index contributed by atoms with van der Waals surface area (Å²) < 4.78 is 9.32. The molecule has 0 aliphatic rings. The van der Waals surface area contributed by atoms with Gasteiger partial charge in [-0.25, -0.2) is 4.79 Å². The molecule has 0 unspecified atom stereocenters. The van der Waals surface area contributed by atoms with E-state index in [-0.39, 0.29) is 12.2 Å². The fourth-order valence-corrected chi connectivity index (χ4v) is 0.857. The minimum atomic E-state index is -0.486. The third-order valence-electron chi connectivity index (χ3n) is 1.10. The molecule has 0 bridgehead atoms. The monoisotopic (exact) mass is 250 g/mol. The highest BCUT2D eigenvalue weighted by atomic mass is 79.9. The minimum Gasteiger partial charge on any atom is -0.463 e. The zero-order valence-corrected chi connectivity index (χ0v) is 9.09. The number of carbonyl (C=O) groups is 2. The van der Waals surface area contributed by atoms with Gasteiger partial charge in [0, 0.05) is 6.92 Å². The van der Waals surface area contributed by atoms with Gasteiger partial charge in [-0.2, -0.15) is 0 Å². The molecule has 0 fully saturated rings. The van der Waals surface area contributed by atoms with Crippen LogP contribution in [0.1, 0.15) is 13.8 Å². The molecule has 0 spiro atoms. The van der Waals surface area contributed by atoms with E-state index in [9.17, 15) is 9.59 Å². The standard InChI is InChI=1S/C8H11BrO4/c1-3-12-8(11)7(4-9)5-13-6(2)10/h4H,3,5H2,1-2H3/b7-4-. The molecule has 0 aromatic heterocycles. The molecule has 0 aromatic rings. The van der Waals surface area contributed by atoms with E-state index in [4.69, 9.17) is 4.74 Å². The summed E-state index contributed by atoms with van der Waals surface area (Å²) in [6.45, 7) is 3.20. The zero-order chi connectivity index (χ0) is 10.3. The Balaban J connectivity index is 4.04. The van der Waals surface area contributed by atoms with Crippen molar-refractivity contribution < 1.29 is 19.1 Å². The highest BCUT2D eigenvalue weighted by Crippen LogP contribution is 2.03. The van der Waals surface area contributed by atoms with Gasteiger partial charge in [-0.1, -0.05) is 15.9 Å². The Morgan fingerprint density at radius 1 is 1.38 bits per heavy atom. The van der Waals surface area contributed by atoms with Gasteiger partial charge in [0.2, 0.25) is 0 Å². The first-order valence-electron chi connectivity index (χ1n) is 3.71. The molecule has 0 aromatic carbocycles. The number of rotatable bonds is 4. The van der Waals surface area contributed by atoms with Crippen LogP contribution in [0.4, 0.5) is 0 Å². The van der Waals surface area contributed by atoms with Crippen LogP contribution < -0.4 is 0 Å². The van der Waals surface area contributed by atoms with Gasteiger partial charge in [0.15, 0.2) is 0 Å². The van der Waals surface area contributed by atoms with E-state index in [1.807, 2.05) is 0 Å². The van der Waals surface area contributed by atoms with Crippen LogP contribution in [0.25, 0.3) is 0 Å². The van der Waals surface area contributed by atoms with E-state index in [2.05, 4.69) is 20.7 Å². The third-order valence-corrected chi connectivity index (χ3v) is 1.65. The van der Waals surface area contributed by atoms with E-state index < -0.39 is 11.9 Å². The molecule has 13 heavy (non-hydrogen) atoms. The van der Waals surface area contributed by atoms with E-state index in [1.165, 1.54) is 11.9 Å². The number of esters is 2. The highest BCUT2D eigenvalue weighted by molar-refractivity contribution is 9.11. The number of hydrogen-bond donors (Lipinski definition) is 0. The Labute approximate surface area is 85.0 Å². The van der Waals surface area contributed by atoms with Crippen molar-refractivity contribution >= 4 is 27.9 Å². The fraction of sp³-hybridized carbons (Fsp3) is 0.500. The number of carbonyl (C=O) groups excluding carboxylic acids is 2. The van der Waals surface area contributed by atoms with Crippen molar-refractivity contribution in [1.29, 1.82) is 0 Å². The first kappa shape index (κ1) is 12.2. The van der Waals surface area contributed by atoms with E-state index >= 15 is 0 Å². The summed E-state index contributed by atoms with van der Waals surface area (Å²) in [6.07, 6.45) is 0. The average molecular weight is 251 g/mol. The molecule has 0 heterocycles. The molecule has 0 saturated carbocycles. The van der Waals surface area contributed by atoms with Crippen molar-refractivity contribution in [2.45, 2.75) is 13.8 Å². The Bertz CT molecular complexity index is 222. The van der Waals surface area contributed by atoms with Crippen molar-refractivity contribution in [2.24, 2.45) is 0 Å². The molecule has 74 valence electrons. The van der Waals surface area contributed by atoms with Gasteiger partial charge in [0.1, 0.15) is 6.61 Å². The van der Waals surface area contributed by atoms with E-state index in [1.54, 1.807) is 6.92 Å². The van der Waals surface area contributed by atoms with Gasteiger partial charge in [0.25, 0.3) is 0 Å². The van der Waals surface area contributed by atoms with Crippen molar-refractivity contribution in [2.75, 3.05) is 13.2 Å². The fourth-order valence-electron chi connectivity index (χ4n) is 0.538. The molecular formula is C8H11BrO4. The predicted molar refractivity (Wildman–Crippen MR) is 50.3 cm³/mol. The molecule has 5 heteroatoms.